The number of esters is 2. The Morgan fingerprint density at radius 2 is 0.957 bits per heavy atom. The third kappa shape index (κ3) is 2.47. The van der Waals surface area contributed by atoms with Gasteiger partial charge in [-0.2, -0.15) is 0 Å². The SMILES string of the molecule is Cc1[se]c(C)c(C2=C(c3c(C)[se]c(C)c3C)C(=O)OC2=O)c1C. The summed E-state index contributed by atoms with van der Waals surface area (Å²) in [5.41, 5.74) is 5.12. The van der Waals surface area contributed by atoms with Crippen molar-refractivity contribution in [2.24, 2.45) is 0 Å². The van der Waals surface area contributed by atoms with Crippen LogP contribution in [0, 0.1) is 41.5 Å². The number of hydrogen-bond acceptors (Lipinski definition) is 3. The number of carbonyl (C=O) groups is 2. The molecule has 3 rings (SSSR count). The van der Waals surface area contributed by atoms with E-state index in [1.807, 2.05) is 13.8 Å². The van der Waals surface area contributed by atoms with E-state index in [0.29, 0.717) is 11.1 Å². The fourth-order valence-corrected chi connectivity index (χ4v) is 7.66. The molecule has 1 aliphatic rings. The molecule has 0 atom stereocenters. The summed E-state index contributed by atoms with van der Waals surface area (Å²) in [6, 6.07) is 0. The predicted octanol–water partition coefficient (Wildman–Crippen LogP) is 2.65. The Hall–Kier alpha value is -1.12. The van der Waals surface area contributed by atoms with Crippen molar-refractivity contribution in [1.82, 2.24) is 0 Å². The van der Waals surface area contributed by atoms with Crippen LogP contribution in [0.5, 0.6) is 0 Å². The summed E-state index contributed by atoms with van der Waals surface area (Å²) >= 11 is 0.514. The first-order valence-electron chi connectivity index (χ1n) is 7.38. The molecular formula is C18H18O3Se2. The van der Waals surface area contributed by atoms with Crippen LogP contribution in [0.1, 0.15) is 40.0 Å². The maximum atomic E-state index is 12.4. The Kier molecular flexibility index (Phi) is 4.18. The standard InChI is InChI=1S/C18H18O3Se2/c1-7-9(3)22-11(5)13(7)15-16(18(20)21-17(15)19)14-8(2)10(4)23-12(14)6/h1-6H3. The van der Waals surface area contributed by atoms with Crippen molar-refractivity contribution in [3.63, 3.8) is 0 Å². The van der Waals surface area contributed by atoms with Crippen LogP contribution in [-0.4, -0.2) is 40.9 Å². The first-order valence-corrected chi connectivity index (χ1v) is 10.8. The summed E-state index contributed by atoms with van der Waals surface area (Å²) in [5, 5.41) is 0. The molecule has 0 aromatic carbocycles. The van der Waals surface area contributed by atoms with Crippen LogP contribution >= 0.6 is 0 Å². The molecule has 2 aromatic heterocycles. The average molecular weight is 440 g/mol. The molecular weight excluding hydrogens is 422 g/mol. The van der Waals surface area contributed by atoms with Crippen LogP contribution in [0.25, 0.3) is 11.1 Å². The van der Waals surface area contributed by atoms with Crippen LogP contribution < -0.4 is 0 Å². The molecule has 0 radical (unpaired) electrons. The molecule has 3 nitrogen and oxygen atoms in total. The van der Waals surface area contributed by atoms with Crippen LogP contribution in [-0.2, 0) is 14.3 Å². The second kappa shape index (κ2) is 5.75. The van der Waals surface area contributed by atoms with Gasteiger partial charge in [0.2, 0.25) is 0 Å². The molecule has 120 valence electrons. The van der Waals surface area contributed by atoms with Crippen LogP contribution in [0.3, 0.4) is 0 Å². The molecule has 0 spiro atoms. The van der Waals surface area contributed by atoms with Crippen LogP contribution in [0.15, 0.2) is 0 Å². The molecule has 0 N–H and O–H groups in total. The molecule has 3 heterocycles. The minimum atomic E-state index is -0.491. The second-order valence-corrected chi connectivity index (χ2v) is 11.9. The molecule has 23 heavy (non-hydrogen) atoms. The third-order valence-corrected chi connectivity index (χ3v) is 9.18. The molecule has 0 aliphatic carbocycles. The topological polar surface area (TPSA) is 43.4 Å². The normalized spacial score (nSPS) is 14.9. The molecule has 0 unspecified atom stereocenters. The van der Waals surface area contributed by atoms with Crippen LogP contribution in [0.4, 0.5) is 0 Å². The van der Waals surface area contributed by atoms with Gasteiger partial charge in [0.15, 0.2) is 0 Å². The number of hydrogen-bond donors (Lipinski definition) is 0. The van der Waals surface area contributed by atoms with Gasteiger partial charge in [0.05, 0.1) is 0 Å². The van der Waals surface area contributed by atoms with Gasteiger partial charge in [0.1, 0.15) is 0 Å². The molecule has 0 saturated heterocycles. The van der Waals surface area contributed by atoms with E-state index in [9.17, 15) is 9.59 Å². The van der Waals surface area contributed by atoms with E-state index >= 15 is 0 Å². The van der Waals surface area contributed by atoms with Gasteiger partial charge in [-0.05, 0) is 0 Å². The Bertz CT molecular complexity index is 822. The first kappa shape index (κ1) is 16.7. The van der Waals surface area contributed by atoms with Gasteiger partial charge < -0.3 is 0 Å². The summed E-state index contributed by atoms with van der Waals surface area (Å²) in [6.45, 7) is 12.4. The van der Waals surface area contributed by atoms with Crippen LogP contribution in [0.2, 0.25) is 0 Å². The van der Waals surface area contributed by atoms with Gasteiger partial charge in [0.25, 0.3) is 0 Å². The van der Waals surface area contributed by atoms with E-state index in [2.05, 4.69) is 27.7 Å². The zero-order valence-corrected chi connectivity index (χ0v) is 17.5. The quantitative estimate of drug-likeness (QED) is 0.410. The zero-order valence-electron chi connectivity index (χ0n) is 14.0. The van der Waals surface area contributed by atoms with Gasteiger partial charge in [-0.25, -0.2) is 0 Å². The number of carbonyl (C=O) groups excluding carboxylic acids is 2. The molecule has 0 fully saturated rings. The van der Waals surface area contributed by atoms with E-state index in [1.165, 1.54) is 17.7 Å². The summed E-state index contributed by atoms with van der Waals surface area (Å²) < 4.78 is 10.1. The zero-order chi connectivity index (χ0) is 17.0. The van der Waals surface area contributed by atoms with E-state index < -0.39 is 11.9 Å². The molecule has 0 amide bonds. The monoisotopic (exact) mass is 442 g/mol. The number of ether oxygens (including phenoxy) is 1. The van der Waals surface area contributed by atoms with Crippen molar-refractivity contribution in [1.29, 1.82) is 0 Å². The van der Waals surface area contributed by atoms with Crippen molar-refractivity contribution in [2.45, 2.75) is 41.5 Å². The molecule has 0 bridgehead atoms. The molecule has 2 aromatic rings. The Balaban J connectivity index is 2.40. The maximum absolute atomic E-state index is 12.4. The van der Waals surface area contributed by atoms with E-state index in [-0.39, 0.29) is 29.0 Å². The van der Waals surface area contributed by atoms with E-state index in [0.717, 1.165) is 22.3 Å². The summed E-state index contributed by atoms with van der Waals surface area (Å²) in [5.74, 6) is -0.983. The first-order chi connectivity index (χ1) is 10.7. The van der Waals surface area contributed by atoms with Crippen molar-refractivity contribution in [3.05, 3.63) is 40.0 Å². The third-order valence-electron chi connectivity index (χ3n) is 4.47. The number of rotatable bonds is 2. The van der Waals surface area contributed by atoms with Crippen molar-refractivity contribution in [2.75, 3.05) is 0 Å². The number of cyclic esters (lactones) is 2. The molecule has 1 aliphatic heterocycles. The summed E-state index contributed by atoms with van der Waals surface area (Å²) in [4.78, 5) is 24.9. The van der Waals surface area contributed by atoms with Gasteiger partial charge in [-0.3, -0.25) is 0 Å². The number of aryl methyl sites for hydroxylation is 4. The van der Waals surface area contributed by atoms with Crippen molar-refractivity contribution >= 4 is 52.1 Å². The van der Waals surface area contributed by atoms with Crippen molar-refractivity contribution in [3.8, 4) is 0 Å². The minimum absolute atomic E-state index is 0.257. The van der Waals surface area contributed by atoms with Gasteiger partial charge in [-0.15, -0.1) is 0 Å². The van der Waals surface area contributed by atoms with Gasteiger partial charge in [0, 0.05) is 0 Å². The Morgan fingerprint density at radius 1 is 0.609 bits per heavy atom. The average Bonchev–Trinajstić information content (AvgIpc) is 2.96. The Morgan fingerprint density at radius 3 is 1.22 bits per heavy atom. The van der Waals surface area contributed by atoms with Gasteiger partial charge in [-0.1, -0.05) is 0 Å². The predicted molar refractivity (Wildman–Crippen MR) is 93.1 cm³/mol. The molecule has 5 heteroatoms. The fraction of sp³-hybridized carbons (Fsp3) is 0.333. The molecule has 0 saturated carbocycles. The van der Waals surface area contributed by atoms with Crippen molar-refractivity contribution < 1.29 is 14.3 Å². The summed E-state index contributed by atoms with van der Waals surface area (Å²) in [6.07, 6.45) is 0. The van der Waals surface area contributed by atoms with E-state index in [1.54, 1.807) is 0 Å². The summed E-state index contributed by atoms with van der Waals surface area (Å²) in [7, 11) is 0. The fourth-order valence-electron chi connectivity index (χ4n) is 3.17. The van der Waals surface area contributed by atoms with E-state index in [4.69, 9.17) is 4.74 Å². The Labute approximate surface area is 147 Å². The van der Waals surface area contributed by atoms with Gasteiger partial charge >= 0.3 is 148 Å². The second-order valence-electron chi connectivity index (χ2n) is 5.86.